The average Bonchev–Trinajstić information content (AvgIpc) is 3.06. The van der Waals surface area contributed by atoms with E-state index in [1.54, 1.807) is 0 Å². The molecule has 3 aromatic carbocycles. The van der Waals surface area contributed by atoms with Crippen molar-refractivity contribution in [3.05, 3.63) is 95.6 Å². The van der Waals surface area contributed by atoms with Crippen LogP contribution in [0.5, 0.6) is 0 Å². The van der Waals surface area contributed by atoms with Crippen molar-refractivity contribution < 1.29 is 31.5 Å². The van der Waals surface area contributed by atoms with E-state index < -0.39 is 11.9 Å². The second-order valence-corrected chi connectivity index (χ2v) is 9.08. The average molecular weight is 505 g/mol. The highest BCUT2D eigenvalue weighted by atomic mass is 16.4. The number of para-hydroxylation sites is 2. The number of hydrogen-bond acceptors (Lipinski definition) is 5. The van der Waals surface area contributed by atoms with Gasteiger partial charge < -0.3 is 20.5 Å². The Hall–Kier alpha value is -4.01. The van der Waals surface area contributed by atoms with Crippen LogP contribution in [0.1, 0.15) is 31.0 Å². The van der Waals surface area contributed by atoms with Crippen molar-refractivity contribution in [3.8, 4) is 0 Å². The number of fused-ring (bicyclic) bond motifs is 2. The summed E-state index contributed by atoms with van der Waals surface area (Å²) in [4.78, 5) is 36.4. The fourth-order valence-electron chi connectivity index (χ4n) is 4.94. The van der Waals surface area contributed by atoms with Crippen LogP contribution < -0.4 is 10.0 Å². The monoisotopic (exact) mass is 504 g/mol. The van der Waals surface area contributed by atoms with Gasteiger partial charge in [-0.2, -0.15) is 0 Å². The molecule has 0 aromatic heterocycles. The summed E-state index contributed by atoms with van der Waals surface area (Å²) >= 11 is 0. The van der Waals surface area contributed by atoms with Crippen LogP contribution in [0, 0.1) is 5.92 Å². The zero-order valence-corrected chi connectivity index (χ0v) is 20.5. The van der Waals surface area contributed by atoms with Crippen molar-refractivity contribution in [2.24, 2.45) is 5.92 Å². The molecule has 8 nitrogen and oxygen atoms in total. The zero-order valence-electron chi connectivity index (χ0n) is 21.5. The minimum atomic E-state index is -2.07. The summed E-state index contributed by atoms with van der Waals surface area (Å²) in [7, 11) is 0. The van der Waals surface area contributed by atoms with Crippen molar-refractivity contribution in [1.82, 2.24) is 4.90 Å². The van der Waals surface area contributed by atoms with Gasteiger partial charge in [0, 0.05) is 13.1 Å². The topological polar surface area (TPSA) is 132 Å². The van der Waals surface area contributed by atoms with E-state index in [9.17, 15) is 4.79 Å². The van der Waals surface area contributed by atoms with Gasteiger partial charge in [-0.3, -0.25) is 14.6 Å². The van der Waals surface area contributed by atoms with Crippen LogP contribution >= 0.6 is 0 Å². The molecule has 1 unspecified atom stereocenters. The zero-order chi connectivity index (χ0) is 25.5. The lowest BCUT2D eigenvalue weighted by molar-refractivity contribution is -0.303. The fourth-order valence-corrected chi connectivity index (χ4v) is 4.94. The molecule has 8 heteroatoms. The van der Waals surface area contributed by atoms with Gasteiger partial charge in [-0.05, 0) is 61.1 Å². The highest BCUT2D eigenvalue weighted by molar-refractivity contribution is 6.26. The van der Waals surface area contributed by atoms with Crippen LogP contribution in [0.15, 0.2) is 78.9 Å². The van der Waals surface area contributed by atoms with E-state index >= 15 is 0 Å². The molecule has 1 atom stereocenters. The Balaban J connectivity index is 0.000000573. The summed E-state index contributed by atoms with van der Waals surface area (Å²) in [5.41, 5.74) is 5.97. The van der Waals surface area contributed by atoms with E-state index in [0.29, 0.717) is 0 Å². The Labute approximate surface area is 217 Å². The van der Waals surface area contributed by atoms with Crippen LogP contribution in [0.2, 0.25) is 0 Å². The number of carbonyl (C=O) groups is 3. The van der Waals surface area contributed by atoms with Crippen molar-refractivity contribution in [2.45, 2.75) is 32.2 Å². The largest absolute Gasteiger partial charge is 1.00 e. The van der Waals surface area contributed by atoms with E-state index in [-0.39, 0.29) is 18.7 Å². The molecule has 1 fully saturated rings. The number of amides is 1. The van der Waals surface area contributed by atoms with Gasteiger partial charge in [0.05, 0.1) is 17.3 Å². The Bertz CT molecular complexity index is 1180. The molecule has 37 heavy (non-hydrogen) atoms. The Morgan fingerprint density at radius 1 is 0.865 bits per heavy atom. The normalized spacial score (nSPS) is 16.5. The Kier molecular flexibility index (Phi) is 9.54. The minimum absolute atomic E-state index is 0. The summed E-state index contributed by atoms with van der Waals surface area (Å²) in [6.07, 6.45) is 3.98. The summed E-state index contributed by atoms with van der Waals surface area (Å²) in [6.45, 7) is 2.80. The van der Waals surface area contributed by atoms with Crippen molar-refractivity contribution in [3.63, 3.8) is 0 Å². The van der Waals surface area contributed by atoms with Gasteiger partial charge >= 0.3 is 7.40 Å². The highest BCUT2D eigenvalue weighted by Crippen LogP contribution is 2.38. The van der Waals surface area contributed by atoms with Gasteiger partial charge in [-0.15, -0.1) is 0 Å². The molecule has 2 aliphatic heterocycles. The molecular weight excluding hydrogens is 472 g/mol. The fraction of sp³-hybridized carbons (Fsp3) is 0.276. The van der Waals surface area contributed by atoms with E-state index in [0.717, 1.165) is 56.7 Å². The summed E-state index contributed by atoms with van der Waals surface area (Å²) < 4.78 is 0. The molecule has 5 rings (SSSR count). The van der Waals surface area contributed by atoms with Crippen LogP contribution in [-0.4, -0.2) is 46.4 Å². The minimum Gasteiger partial charge on any atom is -0.539 e. The SMILES string of the molecule is O.O=C(C1CCCN(Cc2ccccc2)C1)N1c2ccccc2CCc2ccccc21.O=C([O-])C(=O)O.[H+]. The third-order valence-corrected chi connectivity index (χ3v) is 6.63. The quantitative estimate of drug-likeness (QED) is 0.545. The number of aryl methyl sites for hydroxylation is 2. The maximum Gasteiger partial charge on any atom is 1.00 e. The van der Waals surface area contributed by atoms with Crippen LogP contribution in [0.3, 0.4) is 0 Å². The van der Waals surface area contributed by atoms with Crippen molar-refractivity contribution in [2.75, 3.05) is 18.0 Å². The molecule has 0 bridgehead atoms. The summed E-state index contributed by atoms with van der Waals surface area (Å²) in [6, 6.07) is 27.4. The smallest absolute Gasteiger partial charge is 0.539 e. The second-order valence-electron chi connectivity index (χ2n) is 9.08. The number of likely N-dealkylation sites (tertiary alicyclic amines) is 1. The first kappa shape index (κ1) is 27.6. The number of benzene rings is 3. The first-order valence-electron chi connectivity index (χ1n) is 12.1. The molecule has 1 saturated heterocycles. The molecule has 0 spiro atoms. The lowest BCUT2D eigenvalue weighted by atomic mass is 9.95. The summed E-state index contributed by atoms with van der Waals surface area (Å²) in [5, 5.41) is 16.3. The number of hydrogen-bond donors (Lipinski definition) is 1. The molecule has 2 heterocycles. The number of piperidine rings is 1. The van der Waals surface area contributed by atoms with E-state index in [1.807, 2.05) is 4.90 Å². The number of nitrogens with zero attached hydrogens (tertiary/aromatic N) is 2. The number of carbonyl (C=O) groups excluding carboxylic acids is 2. The van der Waals surface area contributed by atoms with Gasteiger partial charge in [0.15, 0.2) is 5.97 Å². The van der Waals surface area contributed by atoms with Crippen LogP contribution in [0.25, 0.3) is 0 Å². The van der Waals surface area contributed by atoms with Gasteiger partial charge in [-0.25, -0.2) is 4.79 Å². The van der Waals surface area contributed by atoms with E-state index in [1.165, 1.54) is 16.7 Å². The molecule has 0 aliphatic carbocycles. The number of anilines is 2. The molecule has 0 radical (unpaired) electrons. The standard InChI is InChI=1S/C27H28N2O.C2H2O4.H2O/c30-27(24-13-8-18-28(20-24)19-21-9-2-1-3-10-21)29-25-14-6-4-11-22(25)16-17-23-12-5-7-15-26(23)29;3-1(4)2(5)6;/h1-7,9-12,14-15,24H,8,13,16-20H2;(H,3,4)(H,5,6);1H2. The lowest BCUT2D eigenvalue weighted by Gasteiger charge is -2.35. The predicted molar refractivity (Wildman–Crippen MR) is 139 cm³/mol. The summed E-state index contributed by atoms with van der Waals surface area (Å²) in [5.74, 6) is -3.73. The number of carboxylic acids is 2. The van der Waals surface area contributed by atoms with E-state index in [4.69, 9.17) is 19.8 Å². The lowest BCUT2D eigenvalue weighted by Crippen LogP contribution is -2.43. The second kappa shape index (κ2) is 12.8. The van der Waals surface area contributed by atoms with E-state index in [2.05, 4.69) is 83.8 Å². The molecule has 1 amide bonds. The number of aliphatic carboxylic acids is 2. The van der Waals surface area contributed by atoms with Crippen molar-refractivity contribution >= 4 is 29.2 Å². The third kappa shape index (κ3) is 6.81. The van der Waals surface area contributed by atoms with Crippen molar-refractivity contribution in [1.29, 1.82) is 0 Å². The third-order valence-electron chi connectivity index (χ3n) is 6.63. The molecular formula is C29H32N2O6. The van der Waals surface area contributed by atoms with Crippen LogP contribution in [-0.2, 0) is 33.8 Å². The maximum absolute atomic E-state index is 13.9. The molecule has 194 valence electrons. The first-order valence-corrected chi connectivity index (χ1v) is 12.1. The maximum atomic E-state index is 13.9. The molecule has 0 saturated carbocycles. The molecule has 3 aromatic rings. The highest BCUT2D eigenvalue weighted by Gasteiger charge is 2.33. The number of rotatable bonds is 3. The molecule has 3 N–H and O–H groups in total. The Morgan fingerprint density at radius 3 is 1.92 bits per heavy atom. The van der Waals surface area contributed by atoms with Crippen LogP contribution in [0.4, 0.5) is 11.4 Å². The first-order chi connectivity index (χ1) is 17.4. The van der Waals surface area contributed by atoms with Gasteiger partial charge in [0.25, 0.3) is 0 Å². The predicted octanol–water partition coefficient (Wildman–Crippen LogP) is 2.47. The van der Waals surface area contributed by atoms with Gasteiger partial charge in [0.2, 0.25) is 5.91 Å². The Morgan fingerprint density at radius 2 is 1.38 bits per heavy atom. The van der Waals surface area contributed by atoms with Gasteiger partial charge in [0.1, 0.15) is 0 Å². The number of carboxylic acid groups (broad SMARTS) is 2. The molecule has 2 aliphatic rings. The van der Waals surface area contributed by atoms with Gasteiger partial charge in [-0.1, -0.05) is 66.7 Å².